The summed E-state index contributed by atoms with van der Waals surface area (Å²) in [6, 6.07) is 25.1. The number of unbranched alkanes of at least 4 members (excludes halogenated alkanes) is 15. The van der Waals surface area contributed by atoms with Gasteiger partial charge in [-0.1, -0.05) is 208 Å². The number of hydrogen-bond acceptors (Lipinski definition) is 9. The fraction of sp³-hybridized carbons (Fsp3) is 0.600. The summed E-state index contributed by atoms with van der Waals surface area (Å²) >= 11 is 0. The van der Waals surface area contributed by atoms with Crippen LogP contribution >= 0.6 is 0 Å². The van der Waals surface area contributed by atoms with Gasteiger partial charge in [-0.05, 0) is 55.2 Å². The average molecular weight is 994 g/mol. The van der Waals surface area contributed by atoms with Gasteiger partial charge in [-0.3, -0.25) is 14.4 Å². The fourth-order valence-corrected chi connectivity index (χ4v) is 9.43. The zero-order chi connectivity index (χ0) is 51.6. The van der Waals surface area contributed by atoms with Crippen molar-refractivity contribution in [1.29, 1.82) is 0 Å². The number of nitrogens with one attached hydrogen (secondary N) is 3. The van der Waals surface area contributed by atoms with Gasteiger partial charge in [0.05, 0.1) is 19.8 Å². The zero-order valence-electron chi connectivity index (χ0n) is 43.9. The zero-order valence-corrected chi connectivity index (χ0v) is 43.9. The van der Waals surface area contributed by atoms with E-state index in [1.807, 2.05) is 91.0 Å². The van der Waals surface area contributed by atoms with Crippen molar-refractivity contribution in [3.8, 4) is 0 Å². The van der Waals surface area contributed by atoms with Crippen LogP contribution in [0.1, 0.15) is 172 Å². The summed E-state index contributed by atoms with van der Waals surface area (Å²) in [5.41, 5.74) is 2.49. The van der Waals surface area contributed by atoms with Crippen LogP contribution in [0.2, 0.25) is 0 Å². The highest BCUT2D eigenvalue weighted by molar-refractivity contribution is 5.91. The van der Waals surface area contributed by atoms with E-state index in [4.69, 9.17) is 14.2 Å². The second kappa shape index (κ2) is 35.6. The van der Waals surface area contributed by atoms with Gasteiger partial charge in [0.25, 0.3) is 0 Å². The number of carbonyl (C=O) groups is 6. The summed E-state index contributed by atoms with van der Waals surface area (Å²) < 4.78 is 17.3. The van der Waals surface area contributed by atoms with Crippen LogP contribution in [0, 0.1) is 17.8 Å². The summed E-state index contributed by atoms with van der Waals surface area (Å²) in [7, 11) is 0. The SMILES string of the molecule is CCCCCCCCOC(=O)C(Cc1ccccc1)NC(=O)C1CC(C(=O)NC(Cc2ccccc2)C(=O)OCCCCCCCC)CC(C(=O)NC(Cc2ccccc2)C(=O)OCCCCCCCC)C1. The molecule has 0 saturated heterocycles. The van der Waals surface area contributed by atoms with Gasteiger partial charge >= 0.3 is 17.9 Å². The first-order valence-electron chi connectivity index (χ1n) is 27.6. The molecule has 3 amide bonds. The van der Waals surface area contributed by atoms with E-state index in [0.29, 0.717) is 19.3 Å². The molecule has 1 fully saturated rings. The van der Waals surface area contributed by atoms with Gasteiger partial charge in [0.1, 0.15) is 18.1 Å². The molecule has 1 aliphatic carbocycles. The monoisotopic (exact) mass is 994 g/mol. The maximum Gasteiger partial charge on any atom is 0.328 e. The molecule has 0 spiro atoms. The smallest absolute Gasteiger partial charge is 0.328 e. The Morgan fingerprint density at radius 3 is 0.861 bits per heavy atom. The molecule has 3 N–H and O–H groups in total. The lowest BCUT2D eigenvalue weighted by Gasteiger charge is -2.34. The Labute approximate surface area is 431 Å². The second-order valence-electron chi connectivity index (χ2n) is 19.9. The van der Waals surface area contributed by atoms with Crippen LogP contribution in [0.25, 0.3) is 0 Å². The van der Waals surface area contributed by atoms with E-state index < -0.39 is 71.5 Å². The minimum atomic E-state index is -1.02. The van der Waals surface area contributed by atoms with Gasteiger partial charge < -0.3 is 30.2 Å². The predicted octanol–water partition coefficient (Wildman–Crippen LogP) is 10.9. The van der Waals surface area contributed by atoms with Gasteiger partial charge in [-0.2, -0.15) is 0 Å². The van der Waals surface area contributed by atoms with Crippen LogP contribution < -0.4 is 16.0 Å². The molecule has 4 rings (SSSR count). The topological polar surface area (TPSA) is 166 Å². The lowest BCUT2D eigenvalue weighted by atomic mass is 9.73. The first kappa shape index (κ1) is 59.0. The molecule has 3 atom stereocenters. The van der Waals surface area contributed by atoms with Gasteiger partial charge in [-0.25, -0.2) is 14.4 Å². The molecule has 0 aliphatic heterocycles. The van der Waals surface area contributed by atoms with Crippen LogP contribution in [0.5, 0.6) is 0 Å². The molecule has 396 valence electrons. The molecular weight excluding hydrogens is 907 g/mol. The molecule has 0 radical (unpaired) electrons. The van der Waals surface area contributed by atoms with Crippen molar-refractivity contribution in [1.82, 2.24) is 16.0 Å². The van der Waals surface area contributed by atoms with Crippen molar-refractivity contribution in [3.63, 3.8) is 0 Å². The van der Waals surface area contributed by atoms with Gasteiger partial charge in [0, 0.05) is 37.0 Å². The largest absolute Gasteiger partial charge is 0.464 e. The minimum absolute atomic E-state index is 0.0604. The lowest BCUT2D eigenvalue weighted by molar-refractivity contribution is -0.150. The lowest BCUT2D eigenvalue weighted by Crippen LogP contribution is -2.52. The second-order valence-corrected chi connectivity index (χ2v) is 19.9. The summed E-state index contributed by atoms with van der Waals surface area (Å²) in [6.07, 6.45) is 19.2. The number of amides is 3. The maximum absolute atomic E-state index is 14.6. The molecule has 0 bridgehead atoms. The Kier molecular flexibility index (Phi) is 29.2. The standard InChI is InChI=1S/C60H87N3O9/c1-4-7-10-13-16-28-37-70-58(67)52(40-46-31-22-19-23-32-46)61-55(64)49-43-50(56(65)62-53(41-47-33-24-20-25-34-47)59(68)71-38-29-17-14-11-8-5-2)45-51(44-49)57(66)63-54(42-48-35-26-21-27-36-48)60(69)72-39-30-18-15-12-9-6-3/h19-27,31-36,49-54H,4-18,28-30,37-45H2,1-3H3,(H,61,64)(H,62,65)(H,63,66). The van der Waals surface area contributed by atoms with E-state index >= 15 is 0 Å². The number of carbonyl (C=O) groups excluding carboxylic acids is 6. The summed E-state index contributed by atoms with van der Waals surface area (Å²) in [5, 5.41) is 8.91. The molecule has 3 unspecified atom stereocenters. The summed E-state index contributed by atoms with van der Waals surface area (Å²) in [4.78, 5) is 85.1. The van der Waals surface area contributed by atoms with Gasteiger partial charge in [0.15, 0.2) is 0 Å². The average Bonchev–Trinajstić information content (AvgIpc) is 3.40. The fourth-order valence-electron chi connectivity index (χ4n) is 9.43. The van der Waals surface area contributed by atoms with Crippen LogP contribution in [-0.4, -0.2) is 73.6 Å². The molecule has 0 heterocycles. The minimum Gasteiger partial charge on any atom is -0.464 e. The van der Waals surface area contributed by atoms with Crippen LogP contribution in [0.4, 0.5) is 0 Å². The molecule has 72 heavy (non-hydrogen) atoms. The molecule has 3 aromatic rings. The third-order valence-electron chi connectivity index (χ3n) is 13.7. The van der Waals surface area contributed by atoms with Gasteiger partial charge in [-0.15, -0.1) is 0 Å². The number of rotatable bonds is 36. The van der Waals surface area contributed by atoms with Gasteiger partial charge in [0.2, 0.25) is 17.7 Å². The van der Waals surface area contributed by atoms with E-state index in [9.17, 15) is 28.8 Å². The number of ether oxygens (including phenoxy) is 3. The normalized spacial score (nSPS) is 16.6. The van der Waals surface area contributed by atoms with E-state index in [0.717, 1.165) is 113 Å². The number of esters is 3. The van der Waals surface area contributed by atoms with Crippen molar-refractivity contribution in [2.45, 2.75) is 193 Å². The first-order valence-corrected chi connectivity index (χ1v) is 27.6. The Hall–Kier alpha value is -5.52. The van der Waals surface area contributed by atoms with E-state index in [2.05, 4.69) is 36.7 Å². The predicted molar refractivity (Wildman–Crippen MR) is 284 cm³/mol. The van der Waals surface area contributed by atoms with E-state index in [1.54, 1.807) is 0 Å². The number of hydrogen-bond donors (Lipinski definition) is 3. The molecular formula is C60H87N3O9. The van der Waals surface area contributed by atoms with Crippen LogP contribution in [0.3, 0.4) is 0 Å². The Morgan fingerprint density at radius 1 is 0.375 bits per heavy atom. The molecule has 1 aliphatic rings. The van der Waals surface area contributed by atoms with Crippen molar-refractivity contribution in [2.75, 3.05) is 19.8 Å². The third kappa shape index (κ3) is 23.4. The third-order valence-corrected chi connectivity index (χ3v) is 13.7. The van der Waals surface area contributed by atoms with Crippen molar-refractivity contribution >= 4 is 35.6 Å². The highest BCUT2D eigenvalue weighted by atomic mass is 16.5. The highest BCUT2D eigenvalue weighted by Crippen LogP contribution is 2.35. The Bertz CT molecular complexity index is 1770. The quantitative estimate of drug-likeness (QED) is 0.0292. The summed E-state index contributed by atoms with van der Waals surface area (Å²) in [6.45, 7) is 7.20. The maximum atomic E-state index is 14.6. The highest BCUT2D eigenvalue weighted by Gasteiger charge is 2.42. The van der Waals surface area contributed by atoms with Crippen molar-refractivity contribution < 1.29 is 43.0 Å². The Morgan fingerprint density at radius 2 is 0.611 bits per heavy atom. The van der Waals surface area contributed by atoms with Crippen LogP contribution in [-0.2, 0) is 62.2 Å². The molecule has 0 aromatic heterocycles. The molecule has 12 heteroatoms. The van der Waals surface area contributed by atoms with Crippen molar-refractivity contribution in [2.24, 2.45) is 17.8 Å². The summed E-state index contributed by atoms with van der Waals surface area (Å²) in [5.74, 6) is -5.74. The molecule has 3 aromatic carbocycles. The van der Waals surface area contributed by atoms with Crippen LogP contribution in [0.15, 0.2) is 91.0 Å². The number of benzene rings is 3. The van der Waals surface area contributed by atoms with E-state index in [1.165, 1.54) is 0 Å². The first-order chi connectivity index (χ1) is 35.1. The molecule has 12 nitrogen and oxygen atoms in total. The molecule has 1 saturated carbocycles. The Balaban J connectivity index is 1.58. The van der Waals surface area contributed by atoms with E-state index in [-0.39, 0.29) is 58.3 Å². The van der Waals surface area contributed by atoms with Crippen molar-refractivity contribution in [3.05, 3.63) is 108 Å².